The summed E-state index contributed by atoms with van der Waals surface area (Å²) < 4.78 is 49.7. The van der Waals surface area contributed by atoms with Crippen molar-refractivity contribution in [3.8, 4) is 0 Å². The van der Waals surface area contributed by atoms with E-state index < -0.39 is 164 Å². The fraction of sp³-hybridized carbons (Fsp3) is 0.857. The summed E-state index contributed by atoms with van der Waals surface area (Å²) in [4.78, 5) is 27.4. The van der Waals surface area contributed by atoms with E-state index in [-0.39, 0.29) is 35.7 Å². The molecular weight excluding hydrogens is 993 g/mol. The van der Waals surface area contributed by atoms with E-state index in [1.165, 1.54) is 0 Å². The van der Waals surface area contributed by atoms with Gasteiger partial charge in [0.05, 0.1) is 44.1 Å². The molecule has 0 spiro atoms. The molecule has 10 N–H and O–H groups in total. The zero-order chi connectivity index (χ0) is 56.0. The average molecular weight is 1080 g/mol. The first-order valence-electron chi connectivity index (χ1n) is 27.4. The first kappa shape index (κ1) is 59.6. The van der Waals surface area contributed by atoms with Crippen molar-refractivity contribution in [2.24, 2.45) is 50.2 Å². The van der Waals surface area contributed by atoms with Crippen molar-refractivity contribution < 1.29 is 98.5 Å². The van der Waals surface area contributed by atoms with E-state index in [9.17, 15) is 60.7 Å². The number of fused-ring (bicyclic) bond motifs is 7. The highest BCUT2D eigenvalue weighted by atomic mass is 16.8. The van der Waals surface area contributed by atoms with Crippen LogP contribution in [0.5, 0.6) is 0 Å². The van der Waals surface area contributed by atoms with E-state index in [2.05, 4.69) is 40.7 Å². The van der Waals surface area contributed by atoms with E-state index in [0.717, 1.165) is 18.4 Å². The number of hydrogen-bond donors (Lipinski definition) is 10. The Morgan fingerprint density at radius 1 is 0.671 bits per heavy atom. The van der Waals surface area contributed by atoms with Crippen LogP contribution >= 0.6 is 0 Å². The van der Waals surface area contributed by atoms with Gasteiger partial charge in [0.1, 0.15) is 67.1 Å². The summed E-state index contributed by atoms with van der Waals surface area (Å²) >= 11 is 0. The molecule has 3 saturated heterocycles. The van der Waals surface area contributed by atoms with Gasteiger partial charge in [-0.1, -0.05) is 72.3 Å². The molecular formula is C56H88O20. The SMILES string of the molecule is C/C=C(/C)C(=O)O[C@H]1[C@H](OC(=O)/C(C)=C/C)C(C)(C)CC2C3=CCC4[C@@]5(C)CC[C@H](O[C@H]6OC[C@H](O)[C@H](O[C@@H]7O[C@@H](CO)[C@H](O)[C@H]7O)[C@H]6O[C@@H]6O[C@H](CO)[C@H](O)[C@H](O)[C@H]6O)C(C)(C)C5CC[C@@]4(C)[C@]3(C)C[C@@H](O)[C@]21CO. The fourth-order valence-electron chi connectivity index (χ4n) is 15.9. The van der Waals surface area contributed by atoms with Gasteiger partial charge in [-0.05, 0) is 112 Å². The molecule has 3 aliphatic heterocycles. The van der Waals surface area contributed by atoms with Gasteiger partial charge in [-0.2, -0.15) is 0 Å². The smallest absolute Gasteiger partial charge is 0.333 e. The lowest BCUT2D eigenvalue weighted by molar-refractivity contribution is -0.379. The lowest BCUT2D eigenvalue weighted by atomic mass is 9.33. The number of aliphatic hydroxyl groups excluding tert-OH is 10. The molecule has 432 valence electrons. The molecule has 4 saturated carbocycles. The van der Waals surface area contributed by atoms with Crippen LogP contribution in [0.2, 0.25) is 0 Å². The number of aliphatic hydroxyl groups is 10. The molecule has 8 aliphatic rings. The highest BCUT2D eigenvalue weighted by molar-refractivity contribution is 5.88. The topological polar surface area (TPSA) is 310 Å². The molecule has 0 aromatic heterocycles. The predicted molar refractivity (Wildman–Crippen MR) is 269 cm³/mol. The van der Waals surface area contributed by atoms with Gasteiger partial charge in [0, 0.05) is 16.6 Å². The molecule has 5 aliphatic carbocycles. The third kappa shape index (κ3) is 9.50. The molecule has 76 heavy (non-hydrogen) atoms. The van der Waals surface area contributed by atoms with Crippen LogP contribution in [0.3, 0.4) is 0 Å². The van der Waals surface area contributed by atoms with Crippen molar-refractivity contribution in [2.45, 2.75) is 225 Å². The molecule has 0 radical (unpaired) electrons. The van der Waals surface area contributed by atoms with E-state index in [4.69, 9.17) is 37.9 Å². The maximum Gasteiger partial charge on any atom is 0.333 e. The van der Waals surface area contributed by atoms with Gasteiger partial charge < -0.3 is 89.0 Å². The van der Waals surface area contributed by atoms with Gasteiger partial charge >= 0.3 is 11.9 Å². The van der Waals surface area contributed by atoms with Crippen LogP contribution < -0.4 is 0 Å². The number of allylic oxidation sites excluding steroid dienone is 4. The number of rotatable bonds is 13. The Morgan fingerprint density at radius 2 is 1.22 bits per heavy atom. The van der Waals surface area contributed by atoms with Gasteiger partial charge in [0.25, 0.3) is 0 Å². The Labute approximate surface area is 446 Å². The van der Waals surface area contributed by atoms with Gasteiger partial charge in [-0.15, -0.1) is 0 Å². The van der Waals surface area contributed by atoms with Crippen LogP contribution in [0.25, 0.3) is 0 Å². The second-order valence-corrected chi connectivity index (χ2v) is 25.5. The van der Waals surface area contributed by atoms with Crippen molar-refractivity contribution >= 4 is 11.9 Å². The van der Waals surface area contributed by atoms with E-state index in [1.54, 1.807) is 39.8 Å². The minimum absolute atomic E-state index is 0.0636. The maximum atomic E-state index is 13.8. The summed E-state index contributed by atoms with van der Waals surface area (Å²) in [5, 5.41) is 110. The monoisotopic (exact) mass is 1080 g/mol. The van der Waals surface area contributed by atoms with Crippen molar-refractivity contribution in [1.29, 1.82) is 0 Å². The van der Waals surface area contributed by atoms with Crippen LogP contribution in [0.15, 0.2) is 34.9 Å². The molecule has 0 bridgehead atoms. The fourth-order valence-corrected chi connectivity index (χ4v) is 15.9. The normalized spacial score (nSPS) is 49.1. The van der Waals surface area contributed by atoms with Gasteiger partial charge in [-0.25, -0.2) is 9.59 Å². The minimum atomic E-state index is -1.85. The summed E-state index contributed by atoms with van der Waals surface area (Å²) in [7, 11) is 0. The zero-order valence-electron chi connectivity index (χ0n) is 46.1. The van der Waals surface area contributed by atoms with Crippen LogP contribution in [-0.4, -0.2) is 194 Å². The number of esters is 2. The Morgan fingerprint density at radius 3 is 1.79 bits per heavy atom. The molecule has 20 heteroatoms. The summed E-state index contributed by atoms with van der Waals surface area (Å²) in [6, 6.07) is 0. The number of carbonyl (C=O) groups is 2. The lowest BCUT2D eigenvalue weighted by Gasteiger charge is -2.72. The number of hydrogen-bond acceptors (Lipinski definition) is 20. The highest BCUT2D eigenvalue weighted by Crippen LogP contribution is 2.76. The average Bonchev–Trinajstić information content (AvgIpc) is 3.82. The van der Waals surface area contributed by atoms with Gasteiger partial charge in [0.2, 0.25) is 0 Å². The Bertz CT molecular complexity index is 2210. The second-order valence-electron chi connectivity index (χ2n) is 25.5. The van der Waals surface area contributed by atoms with Crippen LogP contribution in [0.4, 0.5) is 0 Å². The van der Waals surface area contributed by atoms with E-state index in [0.29, 0.717) is 36.8 Å². The number of ether oxygens (including phenoxy) is 8. The predicted octanol–water partition coefficient (Wildman–Crippen LogP) is 1.84. The van der Waals surface area contributed by atoms with Gasteiger partial charge in [-0.3, -0.25) is 0 Å². The number of carbonyl (C=O) groups excluding carboxylic acids is 2. The third-order valence-corrected chi connectivity index (χ3v) is 20.9. The molecule has 8 rings (SSSR count). The van der Waals surface area contributed by atoms with Crippen LogP contribution in [0, 0.1) is 50.2 Å². The molecule has 0 aromatic rings. The molecule has 3 unspecified atom stereocenters. The zero-order valence-corrected chi connectivity index (χ0v) is 46.1. The highest BCUT2D eigenvalue weighted by Gasteiger charge is 2.74. The summed E-state index contributed by atoms with van der Waals surface area (Å²) in [5.74, 6) is -1.46. The third-order valence-electron chi connectivity index (χ3n) is 20.9. The lowest BCUT2D eigenvalue weighted by Crippen LogP contribution is -2.72. The van der Waals surface area contributed by atoms with E-state index in [1.807, 2.05) is 13.8 Å². The quantitative estimate of drug-likeness (QED) is 0.0545. The molecule has 24 atom stereocenters. The molecule has 7 fully saturated rings. The largest absolute Gasteiger partial charge is 0.454 e. The maximum absolute atomic E-state index is 13.8. The van der Waals surface area contributed by atoms with Crippen molar-refractivity contribution in [3.05, 3.63) is 34.9 Å². The van der Waals surface area contributed by atoms with Crippen molar-refractivity contribution in [2.75, 3.05) is 26.4 Å². The first-order chi connectivity index (χ1) is 35.6. The van der Waals surface area contributed by atoms with E-state index >= 15 is 0 Å². The molecule has 0 amide bonds. The van der Waals surface area contributed by atoms with Crippen molar-refractivity contribution in [1.82, 2.24) is 0 Å². The standard InChI is InChI=1S/C56H88O20/c1-12-26(3)46(67)75-44-45(76-47(68)27(4)13-2)56(25-59)29(20-51(44,5)6)28-14-15-34-53(9)18-17-36(52(7,8)33(53)16-19-54(34,10)55(28,11)21-35(56)61)72-50-43(74-49-41(66)39(64)37(62)31(22-57)70-49)42(30(60)24-69-50)73-48-40(65)38(63)32(23-58)71-48/h12-14,29-45,48-50,57-66H,15-25H2,1-11H3/b26-12+,27-13-/t29?,30-,31+,32-,33?,34?,35+,36-,37-,38-,39-,40+,41+,42-,43+,44-,45-,48-,49-,50+,53-,54+,55+,56-/m0/s1. The van der Waals surface area contributed by atoms with Crippen LogP contribution in [-0.2, 0) is 47.5 Å². The Kier molecular flexibility index (Phi) is 17.1. The minimum Gasteiger partial charge on any atom is -0.454 e. The molecule has 3 heterocycles. The second kappa shape index (κ2) is 21.8. The molecule has 0 aromatic carbocycles. The van der Waals surface area contributed by atoms with Gasteiger partial charge in [0.15, 0.2) is 25.0 Å². The summed E-state index contributed by atoms with van der Waals surface area (Å²) in [5.41, 5.74) is -2.12. The Hall–Kier alpha value is -2.48. The first-order valence-corrected chi connectivity index (χ1v) is 27.4. The summed E-state index contributed by atoms with van der Waals surface area (Å²) in [6.45, 7) is 19.8. The Balaban J connectivity index is 1.10. The molecule has 20 nitrogen and oxygen atoms in total. The van der Waals surface area contributed by atoms with Crippen LogP contribution in [0.1, 0.15) is 121 Å². The summed E-state index contributed by atoms with van der Waals surface area (Å²) in [6.07, 6.45) is -14.1. The van der Waals surface area contributed by atoms with Crippen molar-refractivity contribution in [3.63, 3.8) is 0 Å².